The van der Waals surface area contributed by atoms with Crippen LogP contribution in [0.3, 0.4) is 0 Å². The molecule has 2 unspecified atom stereocenters. The molecule has 1 fully saturated rings. The molecule has 1 saturated carbocycles. The Kier molecular flexibility index (Phi) is 4.12. The summed E-state index contributed by atoms with van der Waals surface area (Å²) in [6, 6.07) is 1.33. The van der Waals surface area contributed by atoms with Crippen LogP contribution >= 0.6 is 0 Å². The normalized spacial score (nSPS) is 23.2. The molecule has 2 atom stereocenters. The van der Waals surface area contributed by atoms with Crippen LogP contribution in [-0.2, 0) is 0 Å². The minimum absolute atomic E-state index is 0.104. The Labute approximate surface area is 111 Å². The van der Waals surface area contributed by atoms with E-state index in [9.17, 15) is 13.6 Å². The molecule has 0 radical (unpaired) electrons. The molecular formula is C14H18F2N2O. The van der Waals surface area contributed by atoms with Gasteiger partial charge in [0, 0.05) is 19.3 Å². The highest BCUT2D eigenvalue weighted by molar-refractivity contribution is 5.94. The first kappa shape index (κ1) is 13.9. The summed E-state index contributed by atoms with van der Waals surface area (Å²) in [5.41, 5.74) is -0.242. The molecule has 2 rings (SSSR count). The zero-order valence-corrected chi connectivity index (χ0v) is 11.2. The molecule has 1 aromatic heterocycles. The largest absolute Gasteiger partial charge is 0.339 e. The van der Waals surface area contributed by atoms with Crippen LogP contribution in [0.2, 0.25) is 0 Å². The van der Waals surface area contributed by atoms with Gasteiger partial charge >= 0.3 is 0 Å². The van der Waals surface area contributed by atoms with E-state index in [1.165, 1.54) is 11.0 Å². The topological polar surface area (TPSA) is 33.2 Å². The standard InChI is InChI=1S/C14H18F2N2O/c1-9-4-3-5-10(8-9)18(2)14(19)11-6-7-17-13(16)12(11)15/h6-7,9-10H,3-5,8H2,1-2H3. The summed E-state index contributed by atoms with van der Waals surface area (Å²) < 4.78 is 26.6. The lowest BCUT2D eigenvalue weighted by molar-refractivity contribution is 0.0666. The summed E-state index contributed by atoms with van der Waals surface area (Å²) in [5, 5.41) is 0. The Morgan fingerprint density at radius 1 is 1.42 bits per heavy atom. The van der Waals surface area contributed by atoms with Crippen LogP contribution in [0.4, 0.5) is 8.78 Å². The fourth-order valence-electron chi connectivity index (χ4n) is 2.69. The predicted molar refractivity (Wildman–Crippen MR) is 67.7 cm³/mol. The maximum Gasteiger partial charge on any atom is 0.257 e. The van der Waals surface area contributed by atoms with Gasteiger partial charge in [0.05, 0.1) is 5.56 Å². The monoisotopic (exact) mass is 268 g/mol. The number of rotatable bonds is 2. The van der Waals surface area contributed by atoms with E-state index in [2.05, 4.69) is 11.9 Å². The van der Waals surface area contributed by atoms with Crippen molar-refractivity contribution >= 4 is 5.91 Å². The smallest absolute Gasteiger partial charge is 0.257 e. The van der Waals surface area contributed by atoms with Gasteiger partial charge in [-0.1, -0.05) is 19.8 Å². The van der Waals surface area contributed by atoms with E-state index in [0.29, 0.717) is 5.92 Å². The van der Waals surface area contributed by atoms with Crippen molar-refractivity contribution in [3.8, 4) is 0 Å². The number of halogens is 2. The van der Waals surface area contributed by atoms with Gasteiger partial charge in [0.25, 0.3) is 5.91 Å². The molecule has 19 heavy (non-hydrogen) atoms. The van der Waals surface area contributed by atoms with Crippen molar-refractivity contribution in [3.05, 3.63) is 29.6 Å². The van der Waals surface area contributed by atoms with E-state index in [-0.39, 0.29) is 11.6 Å². The highest BCUT2D eigenvalue weighted by Gasteiger charge is 2.28. The number of hydrogen-bond acceptors (Lipinski definition) is 2. The van der Waals surface area contributed by atoms with Gasteiger partial charge in [-0.3, -0.25) is 4.79 Å². The van der Waals surface area contributed by atoms with Gasteiger partial charge in [0.2, 0.25) is 5.95 Å². The first-order valence-electron chi connectivity index (χ1n) is 6.58. The van der Waals surface area contributed by atoms with Gasteiger partial charge in [-0.15, -0.1) is 0 Å². The number of pyridine rings is 1. The number of carbonyl (C=O) groups excluding carboxylic acids is 1. The summed E-state index contributed by atoms with van der Waals surface area (Å²) >= 11 is 0. The van der Waals surface area contributed by atoms with Crippen LogP contribution in [0.5, 0.6) is 0 Å². The third kappa shape index (κ3) is 2.91. The lowest BCUT2D eigenvalue weighted by atomic mass is 9.86. The molecule has 3 nitrogen and oxygen atoms in total. The Hall–Kier alpha value is -1.52. The zero-order valence-electron chi connectivity index (χ0n) is 11.2. The SMILES string of the molecule is CC1CCCC(N(C)C(=O)c2ccnc(F)c2F)C1. The van der Waals surface area contributed by atoms with Gasteiger partial charge in [0.1, 0.15) is 0 Å². The fourth-order valence-corrected chi connectivity index (χ4v) is 2.69. The van der Waals surface area contributed by atoms with E-state index in [1.807, 2.05) is 0 Å². The third-order valence-corrected chi connectivity index (χ3v) is 3.85. The highest BCUT2D eigenvalue weighted by Crippen LogP contribution is 2.27. The molecule has 0 bridgehead atoms. The van der Waals surface area contributed by atoms with Gasteiger partial charge in [0.15, 0.2) is 5.82 Å². The first-order valence-corrected chi connectivity index (χ1v) is 6.58. The number of amides is 1. The van der Waals surface area contributed by atoms with Crippen molar-refractivity contribution < 1.29 is 13.6 Å². The summed E-state index contributed by atoms with van der Waals surface area (Å²) in [7, 11) is 1.66. The molecule has 0 aromatic carbocycles. The Bertz CT molecular complexity index is 479. The Balaban J connectivity index is 2.16. The van der Waals surface area contributed by atoms with Crippen molar-refractivity contribution in [2.75, 3.05) is 7.05 Å². The predicted octanol–water partition coefficient (Wildman–Crippen LogP) is 3.01. The number of carbonyl (C=O) groups is 1. The summed E-state index contributed by atoms with van der Waals surface area (Å²) in [5.74, 6) is -2.30. The molecule has 5 heteroatoms. The van der Waals surface area contributed by atoms with Gasteiger partial charge in [-0.2, -0.15) is 4.39 Å². The molecule has 104 valence electrons. The van der Waals surface area contributed by atoms with Crippen LogP contribution in [0.25, 0.3) is 0 Å². The lowest BCUT2D eigenvalue weighted by Crippen LogP contribution is -2.40. The van der Waals surface area contributed by atoms with Crippen LogP contribution in [-0.4, -0.2) is 28.9 Å². The average Bonchev–Trinajstić information content (AvgIpc) is 2.40. The number of aromatic nitrogens is 1. The molecule has 0 aliphatic heterocycles. The van der Waals surface area contributed by atoms with Gasteiger partial charge in [-0.05, 0) is 24.8 Å². The molecule has 0 spiro atoms. The molecule has 0 N–H and O–H groups in total. The summed E-state index contributed by atoms with van der Waals surface area (Å²) in [6.45, 7) is 2.15. The molecule has 0 saturated heterocycles. The van der Waals surface area contributed by atoms with E-state index in [1.54, 1.807) is 7.05 Å². The Morgan fingerprint density at radius 2 is 2.16 bits per heavy atom. The van der Waals surface area contributed by atoms with Gasteiger partial charge in [-0.25, -0.2) is 9.37 Å². The minimum atomic E-state index is -1.23. The highest BCUT2D eigenvalue weighted by atomic mass is 19.2. The number of nitrogens with zero attached hydrogens (tertiary/aromatic N) is 2. The molecule has 1 aromatic rings. The molecular weight excluding hydrogens is 250 g/mol. The third-order valence-electron chi connectivity index (χ3n) is 3.85. The Morgan fingerprint density at radius 3 is 2.84 bits per heavy atom. The van der Waals surface area contributed by atoms with Crippen molar-refractivity contribution in [1.82, 2.24) is 9.88 Å². The first-order chi connectivity index (χ1) is 9.00. The van der Waals surface area contributed by atoms with E-state index in [0.717, 1.165) is 31.9 Å². The minimum Gasteiger partial charge on any atom is -0.339 e. The van der Waals surface area contributed by atoms with Crippen molar-refractivity contribution in [2.24, 2.45) is 5.92 Å². The second kappa shape index (κ2) is 5.63. The summed E-state index contributed by atoms with van der Waals surface area (Å²) in [6.07, 6.45) is 5.18. The summed E-state index contributed by atoms with van der Waals surface area (Å²) in [4.78, 5) is 16.9. The van der Waals surface area contributed by atoms with E-state index >= 15 is 0 Å². The van der Waals surface area contributed by atoms with E-state index < -0.39 is 17.7 Å². The van der Waals surface area contributed by atoms with Crippen LogP contribution in [0.15, 0.2) is 12.3 Å². The second-order valence-electron chi connectivity index (χ2n) is 5.30. The lowest BCUT2D eigenvalue weighted by Gasteiger charge is -2.34. The van der Waals surface area contributed by atoms with Crippen molar-refractivity contribution in [1.29, 1.82) is 0 Å². The molecule has 1 heterocycles. The van der Waals surface area contributed by atoms with Crippen molar-refractivity contribution in [3.63, 3.8) is 0 Å². The molecule has 1 amide bonds. The van der Waals surface area contributed by atoms with E-state index in [4.69, 9.17) is 0 Å². The zero-order chi connectivity index (χ0) is 14.0. The quantitative estimate of drug-likeness (QED) is 0.772. The number of hydrogen-bond donors (Lipinski definition) is 0. The average molecular weight is 268 g/mol. The van der Waals surface area contributed by atoms with Crippen molar-refractivity contribution in [2.45, 2.75) is 38.6 Å². The fraction of sp³-hybridized carbons (Fsp3) is 0.571. The second-order valence-corrected chi connectivity index (χ2v) is 5.30. The van der Waals surface area contributed by atoms with Crippen LogP contribution in [0, 0.1) is 17.7 Å². The maximum absolute atomic E-state index is 13.6. The molecule has 1 aliphatic carbocycles. The molecule has 1 aliphatic rings. The van der Waals surface area contributed by atoms with Crippen LogP contribution < -0.4 is 0 Å². The van der Waals surface area contributed by atoms with Gasteiger partial charge < -0.3 is 4.90 Å². The van der Waals surface area contributed by atoms with Crippen LogP contribution in [0.1, 0.15) is 43.0 Å². The maximum atomic E-state index is 13.6.